The number of para-hydroxylation sites is 1. The van der Waals surface area contributed by atoms with Crippen molar-refractivity contribution >= 4 is 29.2 Å². The maximum atomic E-state index is 12.9. The number of oxime groups is 1. The zero-order chi connectivity index (χ0) is 17.5. The zero-order valence-electron chi connectivity index (χ0n) is 13.4. The molecule has 3 rings (SSSR count). The maximum Gasteiger partial charge on any atom is 0.357 e. The van der Waals surface area contributed by atoms with Gasteiger partial charge in [0.05, 0.1) is 19.4 Å². The fourth-order valence-electron chi connectivity index (χ4n) is 3.10. The molecule has 1 aromatic carbocycles. The van der Waals surface area contributed by atoms with Crippen molar-refractivity contribution in [2.75, 3.05) is 25.7 Å². The molecule has 1 spiro atoms. The van der Waals surface area contributed by atoms with Crippen LogP contribution < -0.4 is 4.90 Å². The second kappa shape index (κ2) is 5.63. The third-order valence-corrected chi connectivity index (χ3v) is 4.18. The third kappa shape index (κ3) is 1.92. The van der Waals surface area contributed by atoms with E-state index < -0.39 is 29.4 Å². The van der Waals surface area contributed by atoms with E-state index in [0.717, 1.165) is 0 Å². The predicted molar refractivity (Wildman–Crippen MR) is 82.2 cm³/mol. The van der Waals surface area contributed by atoms with Crippen LogP contribution in [0, 0.1) is 5.92 Å². The molecule has 2 aliphatic rings. The first-order valence-electron chi connectivity index (χ1n) is 7.37. The van der Waals surface area contributed by atoms with Gasteiger partial charge in [0.15, 0.2) is 11.6 Å². The number of anilines is 1. The fourth-order valence-corrected chi connectivity index (χ4v) is 3.10. The minimum absolute atomic E-state index is 0.100. The molecule has 2 atom stereocenters. The largest absolute Gasteiger partial charge is 0.468 e. The molecule has 8 heteroatoms. The number of methoxy groups -OCH3 is 1. The molecule has 0 radical (unpaired) electrons. The van der Waals surface area contributed by atoms with Crippen molar-refractivity contribution in [3.8, 4) is 0 Å². The summed E-state index contributed by atoms with van der Waals surface area (Å²) in [6, 6.07) is 6.86. The van der Waals surface area contributed by atoms with Gasteiger partial charge in [0.2, 0.25) is 0 Å². The number of carbonyl (C=O) groups is 3. The third-order valence-electron chi connectivity index (χ3n) is 4.18. The molecule has 1 aromatic rings. The van der Waals surface area contributed by atoms with Gasteiger partial charge in [-0.15, -0.1) is 0 Å². The van der Waals surface area contributed by atoms with Crippen LogP contribution in [-0.2, 0) is 34.3 Å². The number of fused-ring (bicyclic) bond motifs is 2. The minimum Gasteiger partial charge on any atom is -0.468 e. The molecule has 0 bridgehead atoms. The van der Waals surface area contributed by atoms with E-state index in [4.69, 9.17) is 14.3 Å². The van der Waals surface area contributed by atoms with E-state index in [2.05, 4.69) is 5.16 Å². The number of likely N-dealkylation sites (N-methyl/N-ethyl adjacent to an activating group) is 1. The molecule has 0 aliphatic carbocycles. The highest BCUT2D eigenvalue weighted by atomic mass is 16.7. The van der Waals surface area contributed by atoms with Gasteiger partial charge in [0, 0.05) is 12.6 Å². The lowest BCUT2D eigenvalue weighted by molar-refractivity contribution is -0.161. The second-order valence-corrected chi connectivity index (χ2v) is 5.36. The average molecular weight is 332 g/mol. The summed E-state index contributed by atoms with van der Waals surface area (Å²) >= 11 is 0. The highest BCUT2D eigenvalue weighted by molar-refractivity contribution is 6.42. The van der Waals surface area contributed by atoms with Gasteiger partial charge < -0.3 is 19.2 Å². The van der Waals surface area contributed by atoms with Crippen LogP contribution in [0.3, 0.4) is 0 Å². The van der Waals surface area contributed by atoms with Crippen LogP contribution in [0.4, 0.5) is 5.69 Å². The fraction of sp³-hybridized carbons (Fsp3) is 0.375. The Hall–Kier alpha value is -2.90. The Kier molecular flexibility index (Phi) is 3.75. The lowest BCUT2D eigenvalue weighted by atomic mass is 9.79. The van der Waals surface area contributed by atoms with E-state index in [9.17, 15) is 14.4 Å². The van der Waals surface area contributed by atoms with Crippen LogP contribution in [0.5, 0.6) is 0 Å². The van der Waals surface area contributed by atoms with Crippen LogP contribution in [0.2, 0.25) is 0 Å². The van der Waals surface area contributed by atoms with Gasteiger partial charge in [-0.2, -0.15) is 0 Å². The number of carbonyl (C=O) groups excluding carboxylic acids is 3. The first-order chi connectivity index (χ1) is 11.5. The molecule has 0 fully saturated rings. The topological polar surface area (TPSA) is 94.5 Å². The average Bonchev–Trinajstić information content (AvgIpc) is 3.09. The van der Waals surface area contributed by atoms with Crippen molar-refractivity contribution in [1.29, 1.82) is 0 Å². The van der Waals surface area contributed by atoms with Gasteiger partial charge in [0.1, 0.15) is 0 Å². The van der Waals surface area contributed by atoms with Gasteiger partial charge in [-0.05, 0) is 13.0 Å². The summed E-state index contributed by atoms with van der Waals surface area (Å²) in [6.45, 7) is 1.73. The van der Waals surface area contributed by atoms with Crippen LogP contribution in [0.15, 0.2) is 29.4 Å². The van der Waals surface area contributed by atoms with Gasteiger partial charge in [0.25, 0.3) is 11.5 Å². The van der Waals surface area contributed by atoms with Gasteiger partial charge in [-0.1, -0.05) is 23.4 Å². The standard InChI is InChI=1S/C16H16N2O6/c1-4-23-14(20)12-11(13(19)22-3)16(24-17-12)9-7-5-6-8-10(9)18(2)15(16)21/h5-8,11H,4H2,1-3H3/t11-,16+/m0/s1. The number of hydrogen-bond donors (Lipinski definition) is 0. The number of hydrogen-bond acceptors (Lipinski definition) is 7. The number of rotatable bonds is 3. The zero-order valence-corrected chi connectivity index (χ0v) is 13.4. The number of amides is 1. The highest BCUT2D eigenvalue weighted by Crippen LogP contribution is 2.50. The molecule has 0 saturated heterocycles. The number of benzene rings is 1. The summed E-state index contributed by atoms with van der Waals surface area (Å²) in [6.07, 6.45) is 0. The van der Waals surface area contributed by atoms with E-state index in [1.807, 2.05) is 0 Å². The quantitative estimate of drug-likeness (QED) is 0.752. The van der Waals surface area contributed by atoms with E-state index in [0.29, 0.717) is 11.3 Å². The molecular formula is C16H16N2O6. The number of esters is 2. The van der Waals surface area contributed by atoms with E-state index in [-0.39, 0.29) is 12.3 Å². The Morgan fingerprint density at radius 3 is 2.75 bits per heavy atom. The first-order valence-corrected chi connectivity index (χ1v) is 7.37. The van der Waals surface area contributed by atoms with Gasteiger partial charge in [-0.25, -0.2) is 4.79 Å². The molecule has 0 saturated carbocycles. The Labute approximate surface area is 138 Å². The van der Waals surface area contributed by atoms with E-state index in [1.54, 1.807) is 38.2 Å². The molecule has 2 aliphatic heterocycles. The van der Waals surface area contributed by atoms with Gasteiger partial charge >= 0.3 is 11.9 Å². The molecule has 0 N–H and O–H groups in total. The summed E-state index contributed by atoms with van der Waals surface area (Å²) in [5, 5.41) is 3.72. The van der Waals surface area contributed by atoms with Crippen molar-refractivity contribution in [2.24, 2.45) is 11.1 Å². The monoisotopic (exact) mass is 332 g/mol. The lowest BCUT2D eigenvalue weighted by Gasteiger charge is -2.25. The van der Waals surface area contributed by atoms with Crippen LogP contribution >= 0.6 is 0 Å². The smallest absolute Gasteiger partial charge is 0.357 e. The SMILES string of the molecule is CCOC(=O)C1=NO[C@@]2(C(=O)N(C)c3ccccc32)[C@@H]1C(=O)OC. The summed E-state index contributed by atoms with van der Waals surface area (Å²) in [5.41, 5.74) is -0.990. The van der Waals surface area contributed by atoms with Crippen LogP contribution in [0.25, 0.3) is 0 Å². The summed E-state index contributed by atoms with van der Waals surface area (Å²) < 4.78 is 9.72. The van der Waals surface area contributed by atoms with Crippen molar-refractivity contribution in [3.05, 3.63) is 29.8 Å². The summed E-state index contributed by atoms with van der Waals surface area (Å²) in [7, 11) is 2.74. The molecule has 2 heterocycles. The minimum atomic E-state index is -1.75. The van der Waals surface area contributed by atoms with Crippen molar-refractivity contribution in [2.45, 2.75) is 12.5 Å². The molecule has 1 amide bonds. The molecule has 0 aromatic heterocycles. The van der Waals surface area contributed by atoms with Crippen molar-refractivity contribution in [3.63, 3.8) is 0 Å². The number of ether oxygens (including phenoxy) is 2. The van der Waals surface area contributed by atoms with Crippen LogP contribution in [-0.4, -0.2) is 44.3 Å². The van der Waals surface area contributed by atoms with E-state index in [1.165, 1.54) is 12.0 Å². The van der Waals surface area contributed by atoms with Crippen molar-refractivity contribution < 1.29 is 28.7 Å². The maximum absolute atomic E-state index is 12.9. The Balaban J connectivity index is 2.16. The summed E-state index contributed by atoms with van der Waals surface area (Å²) in [5.74, 6) is -3.44. The Bertz CT molecular complexity index is 759. The van der Waals surface area contributed by atoms with Gasteiger partial charge in [-0.3, -0.25) is 9.59 Å². The Morgan fingerprint density at radius 2 is 2.08 bits per heavy atom. The predicted octanol–water partition coefficient (Wildman–Crippen LogP) is 0.597. The first kappa shape index (κ1) is 16.0. The van der Waals surface area contributed by atoms with E-state index >= 15 is 0 Å². The molecule has 8 nitrogen and oxygen atoms in total. The van der Waals surface area contributed by atoms with Crippen LogP contribution in [0.1, 0.15) is 12.5 Å². The molecule has 24 heavy (non-hydrogen) atoms. The summed E-state index contributed by atoms with van der Waals surface area (Å²) in [4.78, 5) is 44.2. The normalized spacial score (nSPS) is 24.5. The molecular weight excluding hydrogens is 316 g/mol. The van der Waals surface area contributed by atoms with Crippen molar-refractivity contribution in [1.82, 2.24) is 0 Å². The highest BCUT2D eigenvalue weighted by Gasteiger charge is 2.67. The second-order valence-electron chi connectivity index (χ2n) is 5.36. The Morgan fingerprint density at radius 1 is 1.38 bits per heavy atom. The molecule has 126 valence electrons. The lowest BCUT2D eigenvalue weighted by Crippen LogP contribution is -2.50. The number of nitrogens with zero attached hydrogens (tertiary/aromatic N) is 2. The molecule has 0 unspecified atom stereocenters.